The Morgan fingerprint density at radius 1 is 1.59 bits per heavy atom. The molecule has 17 heavy (non-hydrogen) atoms. The molecule has 1 saturated heterocycles. The third-order valence-corrected chi connectivity index (χ3v) is 5.14. The highest BCUT2D eigenvalue weighted by atomic mass is 35.5. The highest BCUT2D eigenvalue weighted by Crippen LogP contribution is 2.31. The smallest absolute Gasteiger partial charge is 0.0441 e. The Morgan fingerprint density at radius 3 is 3.00 bits per heavy atom. The quantitative estimate of drug-likeness (QED) is 0.653. The van der Waals surface area contributed by atoms with Crippen LogP contribution in [0.4, 0.5) is 0 Å². The van der Waals surface area contributed by atoms with Gasteiger partial charge in [-0.1, -0.05) is 23.7 Å². The average Bonchev–Trinajstić information content (AvgIpc) is 2.81. The van der Waals surface area contributed by atoms with Crippen LogP contribution in [0.15, 0.2) is 18.2 Å². The van der Waals surface area contributed by atoms with E-state index in [-0.39, 0.29) is 0 Å². The first-order valence-electron chi connectivity index (χ1n) is 6.03. The molecule has 0 spiro atoms. The minimum Gasteiger partial charge on any atom is -0.271 e. The van der Waals surface area contributed by atoms with E-state index in [9.17, 15) is 0 Å². The lowest BCUT2D eigenvalue weighted by Crippen LogP contribution is -2.43. The van der Waals surface area contributed by atoms with Gasteiger partial charge in [-0.15, -0.1) is 0 Å². The number of hydrazine groups is 1. The predicted octanol–water partition coefficient (Wildman–Crippen LogP) is 2.92. The van der Waals surface area contributed by atoms with E-state index in [2.05, 4.69) is 24.5 Å². The van der Waals surface area contributed by atoms with Crippen molar-refractivity contribution in [2.75, 3.05) is 5.75 Å². The maximum atomic E-state index is 6.26. The fourth-order valence-electron chi connectivity index (χ4n) is 2.27. The van der Waals surface area contributed by atoms with Crippen molar-refractivity contribution < 1.29 is 0 Å². The zero-order valence-electron chi connectivity index (χ0n) is 10.1. The van der Waals surface area contributed by atoms with Gasteiger partial charge in [0.2, 0.25) is 0 Å². The number of halogens is 1. The molecule has 0 aromatic heterocycles. The van der Waals surface area contributed by atoms with Gasteiger partial charge in [-0.25, -0.2) is 0 Å². The highest BCUT2D eigenvalue weighted by molar-refractivity contribution is 8.00. The van der Waals surface area contributed by atoms with E-state index >= 15 is 0 Å². The number of hydrogen-bond acceptors (Lipinski definition) is 3. The van der Waals surface area contributed by atoms with Crippen LogP contribution in [-0.4, -0.2) is 17.0 Å². The van der Waals surface area contributed by atoms with Gasteiger partial charge >= 0.3 is 0 Å². The first-order chi connectivity index (χ1) is 8.20. The summed E-state index contributed by atoms with van der Waals surface area (Å²) in [5, 5.41) is 1.48. The molecule has 0 radical (unpaired) electrons. The molecule has 1 aliphatic heterocycles. The molecule has 4 heteroatoms. The molecule has 3 N–H and O–H groups in total. The van der Waals surface area contributed by atoms with Gasteiger partial charge in [0.25, 0.3) is 0 Å². The van der Waals surface area contributed by atoms with Crippen LogP contribution >= 0.6 is 23.4 Å². The molecule has 2 atom stereocenters. The molecule has 1 aliphatic rings. The molecule has 1 aromatic rings. The van der Waals surface area contributed by atoms with Crippen LogP contribution in [-0.2, 0) is 6.42 Å². The van der Waals surface area contributed by atoms with E-state index in [0.29, 0.717) is 11.3 Å². The summed E-state index contributed by atoms with van der Waals surface area (Å²) < 4.78 is 0. The molecule has 2 unspecified atom stereocenters. The Bertz CT molecular complexity index is 378. The molecule has 1 aromatic carbocycles. The van der Waals surface area contributed by atoms with Crippen molar-refractivity contribution in [1.29, 1.82) is 0 Å². The van der Waals surface area contributed by atoms with Crippen molar-refractivity contribution >= 4 is 23.4 Å². The number of nitrogens with one attached hydrogen (secondary N) is 1. The molecular weight excluding hydrogens is 252 g/mol. The summed E-state index contributed by atoms with van der Waals surface area (Å²) >= 11 is 8.28. The fourth-order valence-corrected chi connectivity index (χ4v) is 3.96. The summed E-state index contributed by atoms with van der Waals surface area (Å²) in [6, 6.07) is 6.56. The van der Waals surface area contributed by atoms with Gasteiger partial charge in [-0.2, -0.15) is 11.8 Å². The number of aryl methyl sites for hydroxylation is 1. The van der Waals surface area contributed by atoms with Gasteiger partial charge in [-0.05, 0) is 49.1 Å². The first-order valence-corrected chi connectivity index (χ1v) is 7.46. The van der Waals surface area contributed by atoms with Crippen molar-refractivity contribution in [3.05, 3.63) is 34.3 Å². The lowest BCUT2D eigenvalue weighted by atomic mass is 10.0. The van der Waals surface area contributed by atoms with Gasteiger partial charge in [0.05, 0.1) is 0 Å². The number of hydrogen-bond donors (Lipinski definition) is 2. The average molecular weight is 271 g/mol. The highest BCUT2D eigenvalue weighted by Gasteiger charge is 2.25. The van der Waals surface area contributed by atoms with Crippen LogP contribution in [0, 0.1) is 6.92 Å². The van der Waals surface area contributed by atoms with Crippen LogP contribution in [0.1, 0.15) is 24.0 Å². The van der Waals surface area contributed by atoms with Crippen molar-refractivity contribution in [2.24, 2.45) is 5.84 Å². The topological polar surface area (TPSA) is 38.0 Å². The normalized spacial score (nSPS) is 21.7. The van der Waals surface area contributed by atoms with Gasteiger partial charge in [0, 0.05) is 16.3 Å². The third-order valence-electron chi connectivity index (χ3n) is 3.28. The van der Waals surface area contributed by atoms with E-state index in [0.717, 1.165) is 11.4 Å². The van der Waals surface area contributed by atoms with Crippen molar-refractivity contribution in [3.8, 4) is 0 Å². The van der Waals surface area contributed by atoms with Crippen molar-refractivity contribution in [2.45, 2.75) is 37.5 Å². The number of rotatable bonds is 4. The summed E-state index contributed by atoms with van der Waals surface area (Å²) in [7, 11) is 0. The Kier molecular flexibility index (Phi) is 4.74. The standard InChI is InChI=1S/C13H19ClN2S/c1-9-4-5-10(11(14)7-9)8-12(16-15)13-3-2-6-17-13/h4-5,7,12-13,16H,2-3,6,8,15H2,1H3. The van der Waals surface area contributed by atoms with E-state index in [4.69, 9.17) is 17.4 Å². The number of benzene rings is 1. The van der Waals surface area contributed by atoms with Gasteiger partial charge in [0.15, 0.2) is 0 Å². The molecule has 1 heterocycles. The maximum absolute atomic E-state index is 6.26. The summed E-state index contributed by atoms with van der Waals surface area (Å²) in [5.41, 5.74) is 5.34. The lowest BCUT2D eigenvalue weighted by molar-refractivity contribution is 0.496. The zero-order chi connectivity index (χ0) is 12.3. The summed E-state index contributed by atoms with van der Waals surface area (Å²) in [6.45, 7) is 2.06. The van der Waals surface area contributed by atoms with E-state index in [1.54, 1.807) is 0 Å². The second kappa shape index (κ2) is 6.10. The number of nitrogens with two attached hydrogens (primary N) is 1. The summed E-state index contributed by atoms with van der Waals surface area (Å²) in [5.74, 6) is 6.93. The Hall–Kier alpha value is -0.220. The summed E-state index contributed by atoms with van der Waals surface area (Å²) in [6.07, 6.45) is 3.46. The van der Waals surface area contributed by atoms with Crippen molar-refractivity contribution in [3.63, 3.8) is 0 Å². The molecule has 0 amide bonds. The van der Waals surface area contributed by atoms with Gasteiger partial charge in [-0.3, -0.25) is 11.3 Å². The van der Waals surface area contributed by atoms with Crippen molar-refractivity contribution in [1.82, 2.24) is 5.43 Å². The SMILES string of the molecule is Cc1ccc(CC(NN)C2CCCS2)c(Cl)c1. The molecule has 94 valence electrons. The molecule has 0 saturated carbocycles. The Labute approximate surface area is 112 Å². The largest absolute Gasteiger partial charge is 0.271 e. The first kappa shape index (κ1) is 13.2. The third kappa shape index (κ3) is 3.38. The van der Waals surface area contributed by atoms with E-state index < -0.39 is 0 Å². The van der Waals surface area contributed by atoms with Crippen LogP contribution in [0.3, 0.4) is 0 Å². The minimum atomic E-state index is 0.322. The van der Waals surface area contributed by atoms with Gasteiger partial charge in [0.1, 0.15) is 0 Å². The molecule has 2 nitrogen and oxygen atoms in total. The Balaban J connectivity index is 2.06. The predicted molar refractivity (Wildman–Crippen MR) is 76.5 cm³/mol. The molecule has 2 rings (SSSR count). The monoisotopic (exact) mass is 270 g/mol. The summed E-state index contributed by atoms with van der Waals surface area (Å²) in [4.78, 5) is 0. The number of thioether (sulfide) groups is 1. The lowest BCUT2D eigenvalue weighted by Gasteiger charge is -2.22. The zero-order valence-corrected chi connectivity index (χ0v) is 11.7. The molecular formula is C13H19ClN2S. The molecule has 0 aliphatic carbocycles. The fraction of sp³-hybridized carbons (Fsp3) is 0.538. The second-order valence-corrected chi connectivity index (χ2v) is 6.38. The van der Waals surface area contributed by atoms with Gasteiger partial charge < -0.3 is 0 Å². The molecule has 0 bridgehead atoms. The van der Waals surface area contributed by atoms with E-state index in [1.165, 1.54) is 29.7 Å². The van der Waals surface area contributed by atoms with Crippen LogP contribution < -0.4 is 11.3 Å². The van der Waals surface area contributed by atoms with Crippen LogP contribution in [0.2, 0.25) is 5.02 Å². The maximum Gasteiger partial charge on any atom is 0.0441 e. The minimum absolute atomic E-state index is 0.322. The van der Waals surface area contributed by atoms with E-state index in [1.807, 2.05) is 17.8 Å². The molecule has 1 fully saturated rings. The Morgan fingerprint density at radius 2 is 2.41 bits per heavy atom. The van der Waals surface area contributed by atoms with Crippen LogP contribution in [0.25, 0.3) is 0 Å². The second-order valence-electron chi connectivity index (χ2n) is 4.62. The van der Waals surface area contributed by atoms with Crippen LogP contribution in [0.5, 0.6) is 0 Å².